The second kappa shape index (κ2) is 5.82. The first kappa shape index (κ1) is 13.5. The Hall–Kier alpha value is -1.91. The summed E-state index contributed by atoms with van der Waals surface area (Å²) in [5.41, 5.74) is 7.94. The molecule has 0 aliphatic carbocycles. The number of aryl methyl sites for hydroxylation is 1. The Bertz CT molecular complexity index is 586. The molecular formula is C14H14ClN3O. The topological polar surface area (TPSA) is 68.0 Å². The summed E-state index contributed by atoms with van der Waals surface area (Å²) in [6, 6.07) is 11.8. The van der Waals surface area contributed by atoms with E-state index in [0.717, 1.165) is 5.56 Å². The van der Waals surface area contributed by atoms with Crippen LogP contribution in [0.4, 0.5) is 5.69 Å². The van der Waals surface area contributed by atoms with Gasteiger partial charge in [-0.25, -0.2) is 4.98 Å². The Morgan fingerprint density at radius 1 is 1.26 bits per heavy atom. The van der Waals surface area contributed by atoms with Gasteiger partial charge < -0.3 is 11.1 Å². The average Bonchev–Trinajstić information content (AvgIpc) is 2.42. The second-order valence-electron chi connectivity index (χ2n) is 4.14. The molecule has 0 bridgehead atoms. The molecule has 19 heavy (non-hydrogen) atoms. The van der Waals surface area contributed by atoms with Crippen molar-refractivity contribution in [3.05, 3.63) is 58.9 Å². The van der Waals surface area contributed by atoms with Crippen LogP contribution in [-0.4, -0.2) is 10.9 Å². The number of carbonyl (C=O) groups is 1. The van der Waals surface area contributed by atoms with Gasteiger partial charge in [0.2, 0.25) is 5.91 Å². The fourth-order valence-corrected chi connectivity index (χ4v) is 1.87. The third-order valence-electron chi connectivity index (χ3n) is 2.75. The number of hydrogen-bond acceptors (Lipinski definition) is 3. The number of nitrogens with one attached hydrogen (secondary N) is 1. The van der Waals surface area contributed by atoms with Crippen molar-refractivity contribution >= 4 is 23.2 Å². The standard InChI is InChI=1S/C14H14ClN3O/c1-9-11(7-8-12(15)17-9)18-14(19)13(16)10-5-3-2-4-6-10/h2-8,13H,16H2,1H3,(H,18,19). The van der Waals surface area contributed by atoms with Crippen LogP contribution in [0.5, 0.6) is 0 Å². The number of nitrogens with two attached hydrogens (primary N) is 1. The minimum Gasteiger partial charge on any atom is -0.323 e. The van der Waals surface area contributed by atoms with E-state index in [1.54, 1.807) is 19.1 Å². The number of rotatable bonds is 3. The van der Waals surface area contributed by atoms with Crippen molar-refractivity contribution in [3.63, 3.8) is 0 Å². The summed E-state index contributed by atoms with van der Waals surface area (Å²) >= 11 is 5.76. The predicted molar refractivity (Wildman–Crippen MR) is 76.0 cm³/mol. The SMILES string of the molecule is Cc1nc(Cl)ccc1NC(=O)C(N)c1ccccc1. The van der Waals surface area contributed by atoms with Gasteiger partial charge in [0, 0.05) is 0 Å². The smallest absolute Gasteiger partial charge is 0.245 e. The molecule has 2 rings (SSSR count). The van der Waals surface area contributed by atoms with E-state index in [1.165, 1.54) is 0 Å². The van der Waals surface area contributed by atoms with Gasteiger partial charge in [-0.3, -0.25) is 4.79 Å². The number of amides is 1. The highest BCUT2D eigenvalue weighted by Gasteiger charge is 2.16. The molecular weight excluding hydrogens is 262 g/mol. The van der Waals surface area contributed by atoms with Crippen molar-refractivity contribution in [3.8, 4) is 0 Å². The first-order valence-corrected chi connectivity index (χ1v) is 6.20. The molecule has 1 unspecified atom stereocenters. The molecule has 0 fully saturated rings. The van der Waals surface area contributed by atoms with Crippen LogP contribution in [0.25, 0.3) is 0 Å². The molecule has 0 spiro atoms. The molecule has 1 aromatic heterocycles. The molecule has 4 nitrogen and oxygen atoms in total. The normalized spacial score (nSPS) is 11.9. The molecule has 1 amide bonds. The van der Waals surface area contributed by atoms with Gasteiger partial charge in [-0.2, -0.15) is 0 Å². The van der Waals surface area contributed by atoms with Gasteiger partial charge in [-0.15, -0.1) is 0 Å². The van der Waals surface area contributed by atoms with Gasteiger partial charge >= 0.3 is 0 Å². The average molecular weight is 276 g/mol. The van der Waals surface area contributed by atoms with Crippen LogP contribution in [0.3, 0.4) is 0 Å². The number of benzene rings is 1. The van der Waals surface area contributed by atoms with E-state index in [9.17, 15) is 4.79 Å². The maximum absolute atomic E-state index is 12.1. The van der Waals surface area contributed by atoms with Crippen LogP contribution >= 0.6 is 11.6 Å². The number of aromatic nitrogens is 1. The molecule has 1 aromatic carbocycles. The van der Waals surface area contributed by atoms with Crippen molar-refractivity contribution in [1.29, 1.82) is 0 Å². The van der Waals surface area contributed by atoms with Gasteiger partial charge in [0.25, 0.3) is 0 Å². The summed E-state index contributed by atoms with van der Waals surface area (Å²) in [7, 11) is 0. The van der Waals surface area contributed by atoms with Crippen LogP contribution in [0.1, 0.15) is 17.3 Å². The Morgan fingerprint density at radius 3 is 2.58 bits per heavy atom. The van der Waals surface area contributed by atoms with Crippen molar-refractivity contribution in [1.82, 2.24) is 4.98 Å². The fraction of sp³-hybridized carbons (Fsp3) is 0.143. The maximum Gasteiger partial charge on any atom is 0.245 e. The summed E-state index contributed by atoms with van der Waals surface area (Å²) in [4.78, 5) is 16.1. The molecule has 2 aromatic rings. The predicted octanol–water partition coefficient (Wildman–Crippen LogP) is 2.68. The van der Waals surface area contributed by atoms with Crippen LogP contribution in [-0.2, 0) is 4.79 Å². The highest BCUT2D eigenvalue weighted by atomic mass is 35.5. The lowest BCUT2D eigenvalue weighted by atomic mass is 10.1. The van der Waals surface area contributed by atoms with E-state index < -0.39 is 6.04 Å². The number of nitrogens with zero attached hydrogens (tertiary/aromatic N) is 1. The molecule has 0 radical (unpaired) electrons. The van der Waals surface area contributed by atoms with E-state index in [1.807, 2.05) is 30.3 Å². The molecule has 0 saturated carbocycles. The first-order chi connectivity index (χ1) is 9.08. The van der Waals surface area contributed by atoms with Gasteiger partial charge in [-0.05, 0) is 24.6 Å². The molecule has 0 aliphatic rings. The van der Waals surface area contributed by atoms with Gasteiger partial charge in [0.1, 0.15) is 11.2 Å². The molecule has 5 heteroatoms. The van der Waals surface area contributed by atoms with Crippen molar-refractivity contribution in [2.75, 3.05) is 5.32 Å². The fourth-order valence-electron chi connectivity index (χ4n) is 1.68. The van der Waals surface area contributed by atoms with E-state index in [4.69, 9.17) is 17.3 Å². The zero-order valence-corrected chi connectivity index (χ0v) is 11.2. The van der Waals surface area contributed by atoms with E-state index in [2.05, 4.69) is 10.3 Å². The minimum absolute atomic E-state index is 0.279. The van der Waals surface area contributed by atoms with Crippen molar-refractivity contribution < 1.29 is 4.79 Å². The van der Waals surface area contributed by atoms with Crippen LogP contribution in [0.15, 0.2) is 42.5 Å². The summed E-state index contributed by atoms with van der Waals surface area (Å²) < 4.78 is 0. The summed E-state index contributed by atoms with van der Waals surface area (Å²) in [5.74, 6) is -0.279. The molecule has 0 aliphatic heterocycles. The lowest BCUT2D eigenvalue weighted by Crippen LogP contribution is -2.28. The number of hydrogen-bond donors (Lipinski definition) is 2. The molecule has 98 valence electrons. The molecule has 3 N–H and O–H groups in total. The third kappa shape index (κ3) is 3.30. The molecule has 1 heterocycles. The lowest BCUT2D eigenvalue weighted by Gasteiger charge is -2.13. The Labute approximate surface area is 116 Å². The van der Waals surface area contributed by atoms with Gasteiger partial charge in [-0.1, -0.05) is 41.9 Å². The summed E-state index contributed by atoms with van der Waals surface area (Å²) in [6.45, 7) is 1.77. The lowest BCUT2D eigenvalue weighted by molar-refractivity contribution is -0.117. The van der Waals surface area contributed by atoms with E-state index >= 15 is 0 Å². The maximum atomic E-state index is 12.1. The zero-order valence-electron chi connectivity index (χ0n) is 10.4. The second-order valence-corrected chi connectivity index (χ2v) is 4.53. The van der Waals surface area contributed by atoms with Crippen molar-refractivity contribution in [2.45, 2.75) is 13.0 Å². The van der Waals surface area contributed by atoms with E-state index in [0.29, 0.717) is 16.5 Å². The minimum atomic E-state index is -0.712. The number of anilines is 1. The van der Waals surface area contributed by atoms with Crippen LogP contribution in [0.2, 0.25) is 5.15 Å². The first-order valence-electron chi connectivity index (χ1n) is 5.82. The van der Waals surface area contributed by atoms with Gasteiger partial charge in [0.15, 0.2) is 0 Å². The van der Waals surface area contributed by atoms with E-state index in [-0.39, 0.29) is 5.91 Å². The highest BCUT2D eigenvalue weighted by molar-refractivity contribution is 6.29. The number of carbonyl (C=O) groups excluding carboxylic acids is 1. The Kier molecular flexibility index (Phi) is 4.14. The number of pyridine rings is 1. The zero-order chi connectivity index (χ0) is 13.8. The molecule has 0 saturated heterocycles. The van der Waals surface area contributed by atoms with Gasteiger partial charge in [0.05, 0.1) is 11.4 Å². The van der Waals surface area contributed by atoms with Crippen LogP contribution in [0, 0.1) is 6.92 Å². The summed E-state index contributed by atoms with van der Waals surface area (Å²) in [6.07, 6.45) is 0. The largest absolute Gasteiger partial charge is 0.323 e. The quantitative estimate of drug-likeness (QED) is 0.846. The highest BCUT2D eigenvalue weighted by Crippen LogP contribution is 2.18. The number of halogens is 1. The Balaban J connectivity index is 2.13. The van der Waals surface area contributed by atoms with Crippen molar-refractivity contribution in [2.24, 2.45) is 5.73 Å². The van der Waals surface area contributed by atoms with Crippen LogP contribution < -0.4 is 11.1 Å². The molecule has 1 atom stereocenters. The Morgan fingerprint density at radius 2 is 1.95 bits per heavy atom. The summed E-state index contributed by atoms with van der Waals surface area (Å²) in [5, 5.41) is 3.14. The monoisotopic (exact) mass is 275 g/mol. The third-order valence-corrected chi connectivity index (χ3v) is 2.96.